The third-order valence-electron chi connectivity index (χ3n) is 2.53. The summed E-state index contributed by atoms with van der Waals surface area (Å²) in [4.78, 5) is 4.18. The molecule has 96 valence electrons. The van der Waals surface area contributed by atoms with Crippen molar-refractivity contribution >= 4 is 32.3 Å². The summed E-state index contributed by atoms with van der Waals surface area (Å²) < 4.78 is 21.6. The molecule has 0 saturated heterocycles. The van der Waals surface area contributed by atoms with Gasteiger partial charge in [0, 0.05) is 18.1 Å². The number of anilines is 2. The van der Waals surface area contributed by atoms with E-state index in [0.29, 0.717) is 11.4 Å². The van der Waals surface area contributed by atoms with E-state index in [1.165, 1.54) is 0 Å². The topological polar surface area (TPSA) is 111 Å². The number of sulfonamides is 1. The predicted molar refractivity (Wildman–Crippen MR) is 72.6 cm³/mol. The van der Waals surface area contributed by atoms with Crippen LogP contribution in [-0.4, -0.2) is 25.7 Å². The molecular weight excluding hydrogens is 252 g/mol. The van der Waals surface area contributed by atoms with Crippen molar-refractivity contribution in [2.45, 2.75) is 0 Å². The maximum atomic E-state index is 10.8. The van der Waals surface area contributed by atoms with Crippen molar-refractivity contribution in [2.24, 2.45) is 5.14 Å². The Hall–Kier alpha value is -1.86. The molecule has 1 heterocycles. The summed E-state index contributed by atoms with van der Waals surface area (Å²) in [6, 6.07) is 7.26. The highest BCUT2D eigenvalue weighted by Crippen LogP contribution is 2.26. The lowest BCUT2D eigenvalue weighted by molar-refractivity contribution is 0.598. The molecule has 0 aliphatic heterocycles. The smallest absolute Gasteiger partial charge is 0.210 e. The first kappa shape index (κ1) is 12.6. The summed E-state index contributed by atoms with van der Waals surface area (Å²) in [7, 11) is -3.47. The summed E-state index contributed by atoms with van der Waals surface area (Å²) >= 11 is 0. The van der Waals surface area contributed by atoms with Gasteiger partial charge in [-0.25, -0.2) is 13.6 Å². The Morgan fingerprint density at radius 2 is 2.06 bits per heavy atom. The van der Waals surface area contributed by atoms with Crippen molar-refractivity contribution in [3.05, 3.63) is 30.5 Å². The third-order valence-corrected chi connectivity index (χ3v) is 3.30. The van der Waals surface area contributed by atoms with Gasteiger partial charge in [-0.15, -0.1) is 0 Å². The Morgan fingerprint density at radius 3 is 2.78 bits per heavy atom. The van der Waals surface area contributed by atoms with Gasteiger partial charge in [0.05, 0.1) is 22.6 Å². The number of pyridine rings is 1. The molecule has 0 aliphatic rings. The normalized spacial score (nSPS) is 11.6. The number of hydrogen-bond acceptors (Lipinski definition) is 5. The maximum Gasteiger partial charge on any atom is 0.210 e. The van der Waals surface area contributed by atoms with Crippen molar-refractivity contribution in [3.63, 3.8) is 0 Å². The fourth-order valence-electron chi connectivity index (χ4n) is 1.66. The Balaban J connectivity index is 2.22. The molecule has 0 atom stereocenters. The fraction of sp³-hybridized carbons (Fsp3) is 0.182. The molecule has 6 nitrogen and oxygen atoms in total. The second kappa shape index (κ2) is 4.79. The summed E-state index contributed by atoms with van der Waals surface area (Å²) in [6.45, 7) is 0.217. The minimum atomic E-state index is -3.47. The van der Waals surface area contributed by atoms with Crippen LogP contribution in [-0.2, 0) is 10.0 Å². The van der Waals surface area contributed by atoms with E-state index in [4.69, 9.17) is 10.9 Å². The van der Waals surface area contributed by atoms with E-state index in [-0.39, 0.29) is 12.3 Å². The first-order valence-electron chi connectivity index (χ1n) is 5.35. The number of nitrogens with one attached hydrogen (secondary N) is 1. The van der Waals surface area contributed by atoms with Gasteiger partial charge in [0.25, 0.3) is 0 Å². The van der Waals surface area contributed by atoms with E-state index in [1.807, 2.05) is 12.1 Å². The Labute approximate surface area is 105 Å². The minimum absolute atomic E-state index is 0.141. The lowest BCUT2D eigenvalue weighted by Crippen LogP contribution is -2.22. The zero-order valence-electron chi connectivity index (χ0n) is 9.63. The lowest BCUT2D eigenvalue weighted by Gasteiger charge is -2.10. The van der Waals surface area contributed by atoms with Gasteiger partial charge in [-0.3, -0.25) is 4.98 Å². The van der Waals surface area contributed by atoms with Gasteiger partial charge >= 0.3 is 0 Å². The van der Waals surface area contributed by atoms with Gasteiger partial charge in [0.1, 0.15) is 0 Å². The lowest BCUT2D eigenvalue weighted by atomic mass is 10.1. The van der Waals surface area contributed by atoms with Crippen LogP contribution in [0.4, 0.5) is 11.4 Å². The molecule has 0 fully saturated rings. The monoisotopic (exact) mass is 266 g/mol. The average Bonchev–Trinajstić information content (AvgIpc) is 2.31. The molecule has 0 unspecified atom stereocenters. The molecule has 0 saturated carbocycles. The molecular formula is C11H14N4O2S. The number of fused-ring (bicyclic) bond motifs is 1. The highest BCUT2D eigenvalue weighted by molar-refractivity contribution is 7.89. The number of nitrogen functional groups attached to an aromatic ring is 1. The zero-order chi connectivity index (χ0) is 13.2. The van der Waals surface area contributed by atoms with Gasteiger partial charge in [0.2, 0.25) is 10.0 Å². The average molecular weight is 266 g/mol. The quantitative estimate of drug-likeness (QED) is 0.698. The molecule has 1 aromatic heterocycles. The molecule has 0 radical (unpaired) electrons. The Kier molecular flexibility index (Phi) is 3.35. The number of nitrogens with zero attached hydrogens (tertiary/aromatic N) is 1. The molecule has 2 rings (SSSR count). The minimum Gasteiger partial charge on any atom is -0.397 e. The predicted octanol–water partition coefficient (Wildman–Crippen LogP) is 0.517. The molecule has 7 heteroatoms. The van der Waals surface area contributed by atoms with E-state index in [0.717, 1.165) is 10.9 Å². The Bertz CT molecular complexity index is 670. The Morgan fingerprint density at radius 1 is 1.28 bits per heavy atom. The highest BCUT2D eigenvalue weighted by Gasteiger charge is 2.06. The molecule has 0 amide bonds. The number of primary sulfonamides is 1. The van der Waals surface area contributed by atoms with Crippen molar-refractivity contribution in [1.29, 1.82) is 0 Å². The molecule has 2 aromatic rings. The van der Waals surface area contributed by atoms with Crippen LogP contribution in [0.3, 0.4) is 0 Å². The number of benzene rings is 1. The van der Waals surface area contributed by atoms with E-state index in [1.54, 1.807) is 18.3 Å². The first-order valence-corrected chi connectivity index (χ1v) is 7.06. The fourth-order valence-corrected chi connectivity index (χ4v) is 2.04. The number of hydrogen-bond donors (Lipinski definition) is 3. The zero-order valence-corrected chi connectivity index (χ0v) is 10.4. The van der Waals surface area contributed by atoms with Crippen LogP contribution in [0, 0.1) is 0 Å². The van der Waals surface area contributed by atoms with E-state index in [9.17, 15) is 8.42 Å². The van der Waals surface area contributed by atoms with Crippen LogP contribution >= 0.6 is 0 Å². The van der Waals surface area contributed by atoms with Gasteiger partial charge in [0.15, 0.2) is 0 Å². The van der Waals surface area contributed by atoms with Crippen molar-refractivity contribution in [1.82, 2.24) is 4.98 Å². The summed E-state index contributed by atoms with van der Waals surface area (Å²) in [6.07, 6.45) is 1.69. The van der Waals surface area contributed by atoms with E-state index >= 15 is 0 Å². The number of rotatable bonds is 4. The van der Waals surface area contributed by atoms with Crippen LogP contribution in [0.1, 0.15) is 0 Å². The van der Waals surface area contributed by atoms with Crippen LogP contribution < -0.4 is 16.2 Å². The highest BCUT2D eigenvalue weighted by atomic mass is 32.2. The maximum absolute atomic E-state index is 10.8. The van der Waals surface area contributed by atoms with Crippen molar-refractivity contribution in [3.8, 4) is 0 Å². The van der Waals surface area contributed by atoms with Crippen molar-refractivity contribution < 1.29 is 8.42 Å². The third kappa shape index (κ3) is 2.88. The SMILES string of the molecule is Nc1c(NCCS(N)(=O)=O)ccc2ncccc12. The molecule has 0 bridgehead atoms. The van der Waals surface area contributed by atoms with Crippen LogP contribution in [0.5, 0.6) is 0 Å². The van der Waals surface area contributed by atoms with Crippen LogP contribution in [0.2, 0.25) is 0 Å². The second-order valence-corrected chi connectivity index (χ2v) is 5.62. The summed E-state index contributed by atoms with van der Waals surface area (Å²) in [5, 5.41) is 8.70. The summed E-state index contributed by atoms with van der Waals surface area (Å²) in [5.41, 5.74) is 8.01. The standard InChI is InChI=1S/C11H14N4O2S/c12-11-8-2-1-5-14-9(8)3-4-10(11)15-6-7-18(13,16)17/h1-5,15H,6-7,12H2,(H2,13,16,17). The molecule has 1 aromatic carbocycles. The van der Waals surface area contributed by atoms with Gasteiger partial charge in [-0.1, -0.05) is 0 Å². The van der Waals surface area contributed by atoms with Crippen molar-refractivity contribution in [2.75, 3.05) is 23.3 Å². The molecule has 18 heavy (non-hydrogen) atoms. The molecule has 0 aliphatic carbocycles. The number of aromatic nitrogens is 1. The molecule has 0 spiro atoms. The van der Waals surface area contributed by atoms with Crippen LogP contribution in [0.15, 0.2) is 30.5 Å². The van der Waals surface area contributed by atoms with E-state index < -0.39 is 10.0 Å². The van der Waals surface area contributed by atoms with Crippen LogP contribution in [0.25, 0.3) is 10.9 Å². The van der Waals surface area contributed by atoms with Gasteiger partial charge in [-0.2, -0.15) is 0 Å². The first-order chi connectivity index (χ1) is 8.47. The van der Waals surface area contributed by atoms with Gasteiger partial charge < -0.3 is 11.1 Å². The largest absolute Gasteiger partial charge is 0.397 e. The molecule has 5 N–H and O–H groups in total. The summed E-state index contributed by atoms with van der Waals surface area (Å²) in [5.74, 6) is -0.141. The van der Waals surface area contributed by atoms with E-state index in [2.05, 4.69) is 10.3 Å². The second-order valence-electron chi connectivity index (χ2n) is 3.89. The number of nitrogens with two attached hydrogens (primary N) is 2. The van der Waals surface area contributed by atoms with Gasteiger partial charge in [-0.05, 0) is 24.3 Å².